The van der Waals surface area contributed by atoms with Crippen molar-refractivity contribution in [1.29, 1.82) is 0 Å². The Labute approximate surface area is 117 Å². The molecule has 0 aliphatic carbocycles. The molecule has 1 aromatic rings. The first kappa shape index (κ1) is 13.1. The van der Waals surface area contributed by atoms with E-state index in [1.165, 1.54) is 51.9 Å². The average molecular weight is 258 g/mol. The Morgan fingerprint density at radius 3 is 2.63 bits per heavy atom. The van der Waals surface area contributed by atoms with Gasteiger partial charge in [-0.05, 0) is 63.3 Å². The molecular formula is C17H26N2. The van der Waals surface area contributed by atoms with E-state index in [4.69, 9.17) is 0 Å². The van der Waals surface area contributed by atoms with E-state index in [0.29, 0.717) is 5.54 Å². The van der Waals surface area contributed by atoms with Gasteiger partial charge in [0.2, 0.25) is 0 Å². The largest absolute Gasteiger partial charge is 0.311 e. The van der Waals surface area contributed by atoms with Crippen molar-refractivity contribution in [2.24, 2.45) is 0 Å². The van der Waals surface area contributed by atoms with E-state index in [1.54, 1.807) is 5.56 Å². The number of likely N-dealkylation sites (tertiary alicyclic amines) is 1. The number of hydrogen-bond acceptors (Lipinski definition) is 2. The third-order valence-corrected chi connectivity index (χ3v) is 5.16. The summed E-state index contributed by atoms with van der Waals surface area (Å²) in [6.45, 7) is 7.21. The Balaban J connectivity index is 1.68. The topological polar surface area (TPSA) is 15.3 Å². The number of nitrogens with one attached hydrogen (secondary N) is 1. The molecule has 0 aromatic heterocycles. The second-order valence-electron chi connectivity index (χ2n) is 6.24. The summed E-state index contributed by atoms with van der Waals surface area (Å²) in [7, 11) is 0. The molecule has 2 heterocycles. The Morgan fingerprint density at radius 2 is 1.95 bits per heavy atom. The van der Waals surface area contributed by atoms with Gasteiger partial charge in [-0.15, -0.1) is 0 Å². The molecule has 2 nitrogen and oxygen atoms in total. The van der Waals surface area contributed by atoms with E-state index in [0.717, 1.165) is 5.92 Å². The SMILES string of the molecule is CCN1CCC2(CC1)CC(c1ccccc1)CCN2. The zero-order valence-electron chi connectivity index (χ0n) is 12.1. The summed E-state index contributed by atoms with van der Waals surface area (Å²) >= 11 is 0. The summed E-state index contributed by atoms with van der Waals surface area (Å²) in [4.78, 5) is 2.58. The first-order valence-electron chi connectivity index (χ1n) is 7.84. The Hall–Kier alpha value is -0.860. The Morgan fingerprint density at radius 1 is 1.21 bits per heavy atom. The van der Waals surface area contributed by atoms with Gasteiger partial charge >= 0.3 is 0 Å². The van der Waals surface area contributed by atoms with E-state index in [9.17, 15) is 0 Å². The van der Waals surface area contributed by atoms with Crippen molar-refractivity contribution in [2.75, 3.05) is 26.2 Å². The number of benzene rings is 1. The van der Waals surface area contributed by atoms with Gasteiger partial charge in [-0.1, -0.05) is 37.3 Å². The van der Waals surface area contributed by atoms with Crippen molar-refractivity contribution in [3.63, 3.8) is 0 Å². The molecular weight excluding hydrogens is 232 g/mol. The molecule has 0 radical (unpaired) electrons. The molecule has 104 valence electrons. The molecule has 1 unspecified atom stereocenters. The highest BCUT2D eigenvalue weighted by Gasteiger charge is 2.38. The summed E-state index contributed by atoms with van der Waals surface area (Å²) < 4.78 is 0. The fourth-order valence-corrected chi connectivity index (χ4v) is 3.85. The lowest BCUT2D eigenvalue weighted by Crippen LogP contribution is -2.56. The van der Waals surface area contributed by atoms with Gasteiger partial charge in [-0.2, -0.15) is 0 Å². The molecule has 0 saturated carbocycles. The number of piperidine rings is 2. The summed E-state index contributed by atoms with van der Waals surface area (Å²) in [5.41, 5.74) is 1.96. The lowest BCUT2D eigenvalue weighted by atomic mass is 9.74. The maximum Gasteiger partial charge on any atom is 0.0211 e. The van der Waals surface area contributed by atoms with E-state index >= 15 is 0 Å². The molecule has 19 heavy (non-hydrogen) atoms. The van der Waals surface area contributed by atoms with Crippen LogP contribution in [0.3, 0.4) is 0 Å². The van der Waals surface area contributed by atoms with Gasteiger partial charge < -0.3 is 10.2 Å². The predicted molar refractivity (Wildman–Crippen MR) is 80.5 cm³/mol. The summed E-state index contributed by atoms with van der Waals surface area (Å²) in [6.07, 6.45) is 5.27. The number of rotatable bonds is 2. The molecule has 3 rings (SSSR count). The Kier molecular flexibility index (Phi) is 3.90. The zero-order valence-corrected chi connectivity index (χ0v) is 12.1. The van der Waals surface area contributed by atoms with Crippen molar-refractivity contribution < 1.29 is 0 Å². The maximum atomic E-state index is 3.85. The molecule has 0 amide bonds. The van der Waals surface area contributed by atoms with Gasteiger partial charge in [-0.3, -0.25) is 0 Å². The smallest absolute Gasteiger partial charge is 0.0211 e. The molecule has 2 fully saturated rings. The van der Waals surface area contributed by atoms with Crippen LogP contribution in [-0.4, -0.2) is 36.6 Å². The number of hydrogen-bond donors (Lipinski definition) is 1. The molecule has 1 spiro atoms. The highest BCUT2D eigenvalue weighted by atomic mass is 15.1. The van der Waals surface area contributed by atoms with Gasteiger partial charge in [-0.25, -0.2) is 0 Å². The minimum absolute atomic E-state index is 0.421. The molecule has 1 atom stereocenters. The lowest BCUT2D eigenvalue weighted by molar-refractivity contribution is 0.108. The van der Waals surface area contributed by atoms with Crippen molar-refractivity contribution in [3.05, 3.63) is 35.9 Å². The standard InChI is InChI=1S/C17H26N2/c1-2-19-12-9-17(10-13-19)14-16(8-11-18-17)15-6-4-3-5-7-15/h3-7,16,18H,2,8-14H2,1H3. The van der Waals surface area contributed by atoms with Crippen LogP contribution >= 0.6 is 0 Å². The van der Waals surface area contributed by atoms with Crippen LogP contribution in [0.25, 0.3) is 0 Å². The van der Waals surface area contributed by atoms with Gasteiger partial charge in [0, 0.05) is 5.54 Å². The molecule has 0 bridgehead atoms. The maximum absolute atomic E-state index is 3.85. The predicted octanol–water partition coefficient (Wildman–Crippen LogP) is 3.01. The monoisotopic (exact) mass is 258 g/mol. The molecule has 2 aliphatic heterocycles. The quantitative estimate of drug-likeness (QED) is 0.877. The number of nitrogens with zero attached hydrogens (tertiary/aromatic N) is 1. The van der Waals surface area contributed by atoms with Crippen LogP contribution in [0.5, 0.6) is 0 Å². The van der Waals surface area contributed by atoms with Crippen molar-refractivity contribution in [1.82, 2.24) is 10.2 Å². The average Bonchev–Trinajstić information content (AvgIpc) is 2.49. The van der Waals surface area contributed by atoms with Gasteiger partial charge in [0.05, 0.1) is 0 Å². The van der Waals surface area contributed by atoms with Gasteiger partial charge in [0.25, 0.3) is 0 Å². The van der Waals surface area contributed by atoms with Crippen LogP contribution in [0.2, 0.25) is 0 Å². The summed E-state index contributed by atoms with van der Waals surface area (Å²) in [5, 5.41) is 3.85. The first-order chi connectivity index (χ1) is 9.31. The van der Waals surface area contributed by atoms with Crippen molar-refractivity contribution >= 4 is 0 Å². The van der Waals surface area contributed by atoms with Gasteiger partial charge in [0.1, 0.15) is 0 Å². The van der Waals surface area contributed by atoms with Crippen LogP contribution in [0.15, 0.2) is 30.3 Å². The molecule has 2 heteroatoms. The van der Waals surface area contributed by atoms with Crippen LogP contribution < -0.4 is 5.32 Å². The van der Waals surface area contributed by atoms with Crippen LogP contribution in [0.1, 0.15) is 44.1 Å². The highest BCUT2D eigenvalue weighted by Crippen LogP contribution is 2.38. The minimum Gasteiger partial charge on any atom is -0.311 e. The third kappa shape index (κ3) is 2.85. The molecule has 2 saturated heterocycles. The van der Waals surface area contributed by atoms with Crippen LogP contribution in [0.4, 0.5) is 0 Å². The van der Waals surface area contributed by atoms with Crippen LogP contribution in [-0.2, 0) is 0 Å². The second kappa shape index (κ2) is 5.64. The fraction of sp³-hybridized carbons (Fsp3) is 0.647. The normalized spacial score (nSPS) is 27.5. The third-order valence-electron chi connectivity index (χ3n) is 5.16. The minimum atomic E-state index is 0.421. The van der Waals surface area contributed by atoms with Crippen molar-refractivity contribution in [3.8, 4) is 0 Å². The summed E-state index contributed by atoms with van der Waals surface area (Å²) in [5.74, 6) is 0.760. The van der Waals surface area contributed by atoms with E-state index < -0.39 is 0 Å². The Bertz CT molecular complexity index is 393. The van der Waals surface area contributed by atoms with E-state index in [-0.39, 0.29) is 0 Å². The van der Waals surface area contributed by atoms with E-state index in [1.807, 2.05) is 0 Å². The fourth-order valence-electron chi connectivity index (χ4n) is 3.85. The molecule has 1 N–H and O–H groups in total. The van der Waals surface area contributed by atoms with E-state index in [2.05, 4.69) is 47.5 Å². The van der Waals surface area contributed by atoms with Crippen molar-refractivity contribution in [2.45, 2.75) is 44.1 Å². The first-order valence-corrected chi connectivity index (χ1v) is 7.84. The molecule has 1 aromatic carbocycles. The van der Waals surface area contributed by atoms with Gasteiger partial charge in [0.15, 0.2) is 0 Å². The second-order valence-corrected chi connectivity index (χ2v) is 6.24. The lowest BCUT2D eigenvalue weighted by Gasteiger charge is -2.47. The molecule has 2 aliphatic rings. The summed E-state index contributed by atoms with van der Waals surface area (Å²) in [6, 6.07) is 11.1. The highest BCUT2D eigenvalue weighted by molar-refractivity contribution is 5.21. The zero-order chi connectivity index (χ0) is 13.1. The van der Waals surface area contributed by atoms with Crippen LogP contribution in [0, 0.1) is 0 Å².